The van der Waals surface area contributed by atoms with Gasteiger partial charge in [0, 0.05) is 16.8 Å². The largest absolute Gasteiger partial charge is 0.324 e. The number of rotatable bonds is 2. The number of aromatic nitrogens is 3. The molecule has 6 heteroatoms. The van der Waals surface area contributed by atoms with Crippen molar-refractivity contribution >= 4 is 34.3 Å². The van der Waals surface area contributed by atoms with Gasteiger partial charge in [-0.3, -0.25) is 0 Å². The van der Waals surface area contributed by atoms with Crippen LogP contribution in [0.4, 0.5) is 5.69 Å². The molecule has 0 atom stereocenters. The number of halogens is 1. The monoisotopic (exact) mass is 313 g/mol. The molecule has 1 N–H and O–H groups in total. The van der Waals surface area contributed by atoms with Crippen molar-refractivity contribution in [3.63, 3.8) is 0 Å². The van der Waals surface area contributed by atoms with Gasteiger partial charge in [-0.1, -0.05) is 28.9 Å². The van der Waals surface area contributed by atoms with E-state index in [-0.39, 0.29) is 6.04 Å². The zero-order valence-electron chi connectivity index (χ0n) is 12.4. The van der Waals surface area contributed by atoms with Gasteiger partial charge in [-0.25, -0.2) is 4.99 Å². The molecule has 5 nitrogen and oxygen atoms in total. The van der Waals surface area contributed by atoms with E-state index in [9.17, 15) is 0 Å². The van der Waals surface area contributed by atoms with E-state index in [0.717, 1.165) is 16.7 Å². The molecule has 0 fully saturated rings. The number of nitrogens with one attached hydrogen (secondary N) is 1. The number of hydrogen-bond acceptors (Lipinski definition) is 3. The van der Waals surface area contributed by atoms with Crippen LogP contribution in [0.25, 0.3) is 11.0 Å². The Labute approximate surface area is 133 Å². The molecule has 0 aliphatic carbocycles. The van der Waals surface area contributed by atoms with Crippen LogP contribution in [-0.4, -0.2) is 27.0 Å². The third kappa shape index (κ3) is 3.09. The Kier molecular flexibility index (Phi) is 4.06. The second-order valence-electron chi connectivity index (χ2n) is 5.17. The van der Waals surface area contributed by atoms with Crippen molar-refractivity contribution in [2.24, 2.45) is 4.99 Å². The number of aliphatic imine (C=N–C) groups is 1. The van der Waals surface area contributed by atoms with E-state index in [4.69, 9.17) is 11.6 Å². The van der Waals surface area contributed by atoms with Gasteiger partial charge in [0.25, 0.3) is 0 Å². The minimum absolute atomic E-state index is 0.123. The molecule has 2 aromatic carbocycles. The summed E-state index contributed by atoms with van der Waals surface area (Å²) < 4.78 is 1.71. The van der Waals surface area contributed by atoms with Gasteiger partial charge in [-0.05, 0) is 50.2 Å². The van der Waals surface area contributed by atoms with Crippen molar-refractivity contribution in [2.45, 2.75) is 19.9 Å². The molecule has 0 aliphatic rings. The van der Waals surface area contributed by atoms with Crippen molar-refractivity contribution in [3.8, 4) is 0 Å². The molecule has 3 rings (SSSR count). The highest BCUT2D eigenvalue weighted by Gasteiger charge is 2.11. The smallest absolute Gasteiger partial charge is 0.225 e. The average Bonchev–Trinajstić information content (AvgIpc) is 2.92. The maximum absolute atomic E-state index is 5.92. The number of fused-ring (bicyclic) bond motifs is 1. The van der Waals surface area contributed by atoms with E-state index >= 15 is 0 Å². The first-order chi connectivity index (χ1) is 10.6. The predicted octanol–water partition coefficient (Wildman–Crippen LogP) is 3.81. The Bertz CT molecular complexity index is 805. The molecule has 1 heterocycles. The van der Waals surface area contributed by atoms with Crippen LogP contribution in [0.3, 0.4) is 0 Å². The van der Waals surface area contributed by atoms with Crippen molar-refractivity contribution in [3.05, 3.63) is 53.6 Å². The van der Waals surface area contributed by atoms with Gasteiger partial charge < -0.3 is 5.32 Å². The van der Waals surface area contributed by atoms with Crippen LogP contribution < -0.4 is 5.32 Å². The van der Waals surface area contributed by atoms with E-state index in [1.54, 1.807) is 4.68 Å². The summed E-state index contributed by atoms with van der Waals surface area (Å²) in [6, 6.07) is 15.4. The zero-order chi connectivity index (χ0) is 15.5. The summed E-state index contributed by atoms with van der Waals surface area (Å²) in [4.78, 5) is 4.62. The third-order valence-electron chi connectivity index (χ3n) is 3.03. The Hall–Kier alpha value is -2.40. The Morgan fingerprint density at radius 1 is 1.14 bits per heavy atom. The van der Waals surface area contributed by atoms with E-state index in [1.165, 1.54) is 0 Å². The SMILES string of the molecule is CC(C)N=C(Nc1ccc(Cl)cc1)n1nnc2ccccc21. The lowest BCUT2D eigenvalue weighted by Gasteiger charge is -2.11. The lowest BCUT2D eigenvalue weighted by molar-refractivity contribution is 0.796. The van der Waals surface area contributed by atoms with Crippen LogP contribution in [0.5, 0.6) is 0 Å². The second kappa shape index (κ2) is 6.15. The lowest BCUT2D eigenvalue weighted by atomic mass is 10.3. The molecule has 0 unspecified atom stereocenters. The highest BCUT2D eigenvalue weighted by molar-refractivity contribution is 6.30. The van der Waals surface area contributed by atoms with Gasteiger partial charge in [0.1, 0.15) is 5.52 Å². The zero-order valence-corrected chi connectivity index (χ0v) is 13.1. The van der Waals surface area contributed by atoms with Crippen LogP contribution in [0.15, 0.2) is 53.5 Å². The summed E-state index contributed by atoms with van der Waals surface area (Å²) in [6.45, 7) is 4.03. The third-order valence-corrected chi connectivity index (χ3v) is 3.29. The number of nitrogens with zero attached hydrogens (tertiary/aromatic N) is 4. The minimum Gasteiger partial charge on any atom is -0.324 e. The molecular formula is C16H16ClN5. The summed E-state index contributed by atoms with van der Waals surface area (Å²) in [5, 5.41) is 12.4. The molecule has 3 aromatic rings. The summed E-state index contributed by atoms with van der Waals surface area (Å²) in [7, 11) is 0. The molecule has 0 bridgehead atoms. The van der Waals surface area contributed by atoms with Gasteiger partial charge in [0.05, 0.1) is 5.52 Å². The van der Waals surface area contributed by atoms with Gasteiger partial charge >= 0.3 is 0 Å². The highest BCUT2D eigenvalue weighted by atomic mass is 35.5. The standard InChI is InChI=1S/C16H16ClN5/c1-11(2)18-16(19-13-9-7-12(17)8-10-13)22-15-6-4-3-5-14(15)20-21-22/h3-11H,1-2H3,(H,18,19). The number of para-hydroxylation sites is 1. The molecule has 0 saturated carbocycles. The molecular weight excluding hydrogens is 298 g/mol. The molecule has 0 radical (unpaired) electrons. The number of anilines is 1. The van der Waals surface area contributed by atoms with Gasteiger partial charge in [0.2, 0.25) is 5.96 Å². The Morgan fingerprint density at radius 2 is 1.86 bits per heavy atom. The molecule has 1 aromatic heterocycles. The minimum atomic E-state index is 0.123. The normalized spacial score (nSPS) is 12.1. The van der Waals surface area contributed by atoms with E-state index in [0.29, 0.717) is 11.0 Å². The fourth-order valence-electron chi connectivity index (χ4n) is 2.07. The lowest BCUT2D eigenvalue weighted by Crippen LogP contribution is -2.24. The first-order valence-corrected chi connectivity index (χ1v) is 7.42. The quantitative estimate of drug-likeness (QED) is 0.578. The maximum Gasteiger partial charge on any atom is 0.225 e. The topological polar surface area (TPSA) is 55.1 Å². The van der Waals surface area contributed by atoms with Crippen molar-refractivity contribution in [1.82, 2.24) is 15.0 Å². The Balaban J connectivity index is 2.02. The van der Waals surface area contributed by atoms with Crippen LogP contribution in [0, 0.1) is 0 Å². The maximum atomic E-state index is 5.92. The first kappa shape index (κ1) is 14.5. The van der Waals surface area contributed by atoms with Gasteiger partial charge in [-0.15, -0.1) is 5.10 Å². The number of benzene rings is 2. The predicted molar refractivity (Wildman–Crippen MR) is 90.6 cm³/mol. The molecule has 0 amide bonds. The van der Waals surface area contributed by atoms with Crippen LogP contribution in [0.2, 0.25) is 5.02 Å². The number of hydrogen-bond donors (Lipinski definition) is 1. The highest BCUT2D eigenvalue weighted by Crippen LogP contribution is 2.15. The van der Waals surface area contributed by atoms with Crippen LogP contribution in [-0.2, 0) is 0 Å². The van der Waals surface area contributed by atoms with E-state index < -0.39 is 0 Å². The fraction of sp³-hybridized carbons (Fsp3) is 0.188. The fourth-order valence-corrected chi connectivity index (χ4v) is 2.20. The first-order valence-electron chi connectivity index (χ1n) is 7.05. The second-order valence-corrected chi connectivity index (χ2v) is 5.60. The van der Waals surface area contributed by atoms with Crippen LogP contribution in [0.1, 0.15) is 13.8 Å². The summed E-state index contributed by atoms with van der Waals surface area (Å²) in [5.74, 6) is 0.631. The summed E-state index contributed by atoms with van der Waals surface area (Å²) >= 11 is 5.92. The molecule has 112 valence electrons. The van der Waals surface area contributed by atoms with Crippen molar-refractivity contribution in [2.75, 3.05) is 5.32 Å². The van der Waals surface area contributed by atoms with E-state index in [1.807, 2.05) is 62.4 Å². The molecule has 0 spiro atoms. The van der Waals surface area contributed by atoms with E-state index in [2.05, 4.69) is 20.6 Å². The van der Waals surface area contributed by atoms with Crippen LogP contribution >= 0.6 is 11.6 Å². The molecule has 0 aliphatic heterocycles. The van der Waals surface area contributed by atoms with Crippen molar-refractivity contribution in [1.29, 1.82) is 0 Å². The summed E-state index contributed by atoms with van der Waals surface area (Å²) in [5.41, 5.74) is 2.63. The molecule has 0 saturated heterocycles. The van der Waals surface area contributed by atoms with Gasteiger partial charge in [0.15, 0.2) is 0 Å². The summed E-state index contributed by atoms with van der Waals surface area (Å²) in [6.07, 6.45) is 0. The Morgan fingerprint density at radius 3 is 2.59 bits per heavy atom. The molecule has 22 heavy (non-hydrogen) atoms. The van der Waals surface area contributed by atoms with Crippen molar-refractivity contribution < 1.29 is 0 Å². The average molecular weight is 314 g/mol. The van der Waals surface area contributed by atoms with Gasteiger partial charge in [-0.2, -0.15) is 4.68 Å².